The lowest BCUT2D eigenvalue weighted by molar-refractivity contribution is -0.192. The van der Waals surface area contributed by atoms with Gasteiger partial charge in [0.05, 0.1) is 30.7 Å². The van der Waals surface area contributed by atoms with E-state index in [-0.39, 0.29) is 17.8 Å². The van der Waals surface area contributed by atoms with Crippen LogP contribution in [0.15, 0.2) is 102 Å². The van der Waals surface area contributed by atoms with Crippen molar-refractivity contribution in [2.45, 2.75) is 38.3 Å². The molecule has 6 rings (SSSR count). The zero-order valence-corrected chi connectivity index (χ0v) is 24.7. The molecule has 0 unspecified atom stereocenters. The molecular weight excluding hydrogens is 560 g/mol. The average molecular weight is 597 g/mol. The second-order valence-corrected chi connectivity index (χ2v) is 10.8. The van der Waals surface area contributed by atoms with Crippen LogP contribution in [-0.4, -0.2) is 61.7 Å². The molecule has 2 atom stereocenters. The number of nitrogens with one attached hydrogen (secondary N) is 2. The zero-order chi connectivity index (χ0) is 30.4. The largest absolute Gasteiger partial charge is 0.491 e. The summed E-state index contributed by atoms with van der Waals surface area (Å²) in [6.07, 6.45) is 4.58. The fraction of sp³-hybridized carbons (Fsp3) is 0.312. The highest BCUT2D eigenvalue weighted by molar-refractivity contribution is 5.50. The molecule has 12 nitrogen and oxygen atoms in total. The van der Waals surface area contributed by atoms with Crippen molar-refractivity contribution in [2.24, 2.45) is 0 Å². The summed E-state index contributed by atoms with van der Waals surface area (Å²) in [6.45, 7) is 6.40. The first-order valence-electron chi connectivity index (χ1n) is 14.7. The Labute approximate surface area is 255 Å². The topological polar surface area (TPSA) is 122 Å². The summed E-state index contributed by atoms with van der Waals surface area (Å²) in [4.78, 5) is 14.1. The van der Waals surface area contributed by atoms with E-state index in [0.717, 1.165) is 41.5 Å². The minimum Gasteiger partial charge on any atom is -0.491 e. The van der Waals surface area contributed by atoms with Gasteiger partial charge in [-0.05, 0) is 62.4 Å². The monoisotopic (exact) mass is 596 g/mol. The molecule has 1 aliphatic heterocycles. The van der Waals surface area contributed by atoms with Gasteiger partial charge in [0, 0.05) is 30.0 Å². The van der Waals surface area contributed by atoms with Crippen molar-refractivity contribution >= 4 is 11.4 Å². The highest BCUT2D eigenvalue weighted by atomic mass is 16.8. The van der Waals surface area contributed by atoms with Crippen LogP contribution in [0.5, 0.6) is 5.75 Å². The molecule has 0 aliphatic carbocycles. The molecule has 1 saturated heterocycles. The number of aromatic nitrogens is 6. The normalized spacial score (nSPS) is 18.0. The summed E-state index contributed by atoms with van der Waals surface area (Å²) in [5.74, 6) is -0.226. The first-order valence-corrected chi connectivity index (χ1v) is 14.7. The van der Waals surface area contributed by atoms with E-state index in [1.54, 1.807) is 28.1 Å². The molecule has 1 fully saturated rings. The van der Waals surface area contributed by atoms with Gasteiger partial charge in [-0.3, -0.25) is 0 Å². The Bertz CT molecular complexity index is 1670. The smallest absolute Gasteiger partial charge is 0.350 e. The minimum atomic E-state index is -0.977. The van der Waals surface area contributed by atoms with Crippen LogP contribution in [-0.2, 0) is 21.8 Å². The second kappa shape index (κ2) is 13.1. The van der Waals surface area contributed by atoms with Gasteiger partial charge in [0.15, 0.2) is 0 Å². The standard InChI is InChI=1S/C32H36N8O4/c1-24(2)40-31(41)38(23-37-40)28-12-8-26(9-13-28)33-16-17-34-27-10-14-29(15-11-27)42-20-30-21-43-32(44-30,22-39-35-18-19-36-39)25-6-4-3-5-7-25/h3-15,18-19,23-24,30,33-34H,16-17,20-22H2,1-2H3/t30-,32-/m1/s1. The van der Waals surface area contributed by atoms with Gasteiger partial charge < -0.3 is 24.8 Å². The van der Waals surface area contributed by atoms with E-state index in [0.29, 0.717) is 19.8 Å². The Kier molecular flexibility index (Phi) is 8.71. The van der Waals surface area contributed by atoms with E-state index in [1.807, 2.05) is 92.7 Å². The van der Waals surface area contributed by atoms with E-state index >= 15 is 0 Å². The van der Waals surface area contributed by atoms with Crippen molar-refractivity contribution < 1.29 is 14.2 Å². The summed E-state index contributed by atoms with van der Waals surface area (Å²) in [5, 5.41) is 19.5. The quantitative estimate of drug-likeness (QED) is 0.194. The average Bonchev–Trinajstić information content (AvgIpc) is 3.81. The van der Waals surface area contributed by atoms with Crippen molar-refractivity contribution in [3.8, 4) is 11.4 Å². The first kappa shape index (κ1) is 29.1. The molecule has 0 radical (unpaired) electrons. The number of nitrogens with zero attached hydrogens (tertiary/aromatic N) is 6. The summed E-state index contributed by atoms with van der Waals surface area (Å²) >= 11 is 0. The Balaban J connectivity index is 0.951. The number of benzene rings is 3. The van der Waals surface area contributed by atoms with Gasteiger partial charge in [-0.1, -0.05) is 30.3 Å². The maximum absolute atomic E-state index is 12.5. The van der Waals surface area contributed by atoms with Gasteiger partial charge in [0.1, 0.15) is 31.3 Å². The summed E-state index contributed by atoms with van der Waals surface area (Å²) < 4.78 is 21.7. The van der Waals surface area contributed by atoms with E-state index in [4.69, 9.17) is 14.2 Å². The van der Waals surface area contributed by atoms with E-state index < -0.39 is 5.79 Å². The van der Waals surface area contributed by atoms with Gasteiger partial charge in [0.25, 0.3) is 0 Å². The van der Waals surface area contributed by atoms with Crippen LogP contribution in [0.4, 0.5) is 11.4 Å². The fourth-order valence-corrected chi connectivity index (χ4v) is 5.04. The third-order valence-electron chi connectivity index (χ3n) is 7.29. The molecule has 0 saturated carbocycles. The molecule has 0 amide bonds. The maximum Gasteiger partial charge on any atom is 0.350 e. The SMILES string of the molecule is CC(C)n1ncn(-c2ccc(NCCNc3ccc(OC[C@@H]4CO[C@@](Cn5nccn5)(c5ccccc5)O4)cc3)cc2)c1=O. The molecule has 3 aromatic carbocycles. The van der Waals surface area contributed by atoms with Gasteiger partial charge in [-0.2, -0.15) is 20.1 Å². The molecule has 228 valence electrons. The van der Waals surface area contributed by atoms with Crippen LogP contribution in [0.2, 0.25) is 0 Å². The lowest BCUT2D eigenvalue weighted by Crippen LogP contribution is -2.35. The van der Waals surface area contributed by atoms with Crippen LogP contribution in [0.25, 0.3) is 5.69 Å². The molecule has 44 heavy (non-hydrogen) atoms. The molecule has 3 heterocycles. The van der Waals surface area contributed by atoms with Crippen LogP contribution in [0, 0.1) is 0 Å². The van der Waals surface area contributed by atoms with Crippen LogP contribution < -0.4 is 21.1 Å². The lowest BCUT2D eigenvalue weighted by atomic mass is 10.1. The number of ether oxygens (including phenoxy) is 3. The summed E-state index contributed by atoms with van der Waals surface area (Å²) in [5.41, 5.74) is 3.51. The van der Waals surface area contributed by atoms with Crippen molar-refractivity contribution in [1.82, 2.24) is 29.3 Å². The number of hydrogen-bond acceptors (Lipinski definition) is 9. The summed E-state index contributed by atoms with van der Waals surface area (Å²) in [6, 6.07) is 25.4. The minimum absolute atomic E-state index is 0.0146. The maximum atomic E-state index is 12.5. The van der Waals surface area contributed by atoms with Crippen LogP contribution in [0.3, 0.4) is 0 Å². The molecule has 2 N–H and O–H groups in total. The van der Waals surface area contributed by atoms with Crippen molar-refractivity contribution in [3.63, 3.8) is 0 Å². The third kappa shape index (κ3) is 6.66. The highest BCUT2D eigenvalue weighted by Crippen LogP contribution is 2.36. The number of hydrogen-bond donors (Lipinski definition) is 2. The van der Waals surface area contributed by atoms with Crippen molar-refractivity contribution in [1.29, 1.82) is 0 Å². The molecule has 2 aromatic heterocycles. The molecule has 1 aliphatic rings. The molecule has 0 bridgehead atoms. The molecule has 12 heteroatoms. The Morgan fingerprint density at radius 3 is 2.20 bits per heavy atom. The Morgan fingerprint density at radius 1 is 0.909 bits per heavy atom. The third-order valence-corrected chi connectivity index (χ3v) is 7.29. The van der Waals surface area contributed by atoms with E-state index in [2.05, 4.69) is 25.9 Å². The number of rotatable bonds is 13. The second-order valence-electron chi connectivity index (χ2n) is 10.8. The van der Waals surface area contributed by atoms with Gasteiger partial charge >= 0.3 is 5.69 Å². The van der Waals surface area contributed by atoms with Gasteiger partial charge in [0.2, 0.25) is 5.79 Å². The predicted molar refractivity (Wildman–Crippen MR) is 166 cm³/mol. The summed E-state index contributed by atoms with van der Waals surface area (Å²) in [7, 11) is 0. The fourth-order valence-electron chi connectivity index (χ4n) is 5.04. The van der Waals surface area contributed by atoms with Crippen molar-refractivity contribution in [2.75, 3.05) is 36.9 Å². The van der Waals surface area contributed by atoms with E-state index in [1.165, 1.54) is 4.68 Å². The van der Waals surface area contributed by atoms with Crippen LogP contribution >= 0.6 is 0 Å². The molecular formula is C32H36N8O4. The Hall–Kier alpha value is -4.94. The van der Waals surface area contributed by atoms with Gasteiger partial charge in [-0.15, -0.1) is 0 Å². The molecule has 5 aromatic rings. The Morgan fingerprint density at radius 2 is 1.57 bits per heavy atom. The molecule has 0 spiro atoms. The highest BCUT2D eigenvalue weighted by Gasteiger charge is 2.44. The van der Waals surface area contributed by atoms with Crippen molar-refractivity contribution in [3.05, 3.63) is 114 Å². The lowest BCUT2D eigenvalue weighted by Gasteiger charge is -2.28. The number of anilines is 2. The predicted octanol–water partition coefficient (Wildman–Crippen LogP) is 4.08. The van der Waals surface area contributed by atoms with Gasteiger partial charge in [-0.25, -0.2) is 14.0 Å². The zero-order valence-electron chi connectivity index (χ0n) is 24.7. The van der Waals surface area contributed by atoms with Crippen LogP contribution in [0.1, 0.15) is 25.5 Å². The first-order chi connectivity index (χ1) is 21.5. The van der Waals surface area contributed by atoms with E-state index in [9.17, 15) is 4.79 Å².